The third-order valence-corrected chi connectivity index (χ3v) is 3.06. The second-order valence-corrected chi connectivity index (χ2v) is 4.59. The molecule has 1 unspecified atom stereocenters. The predicted octanol–water partition coefficient (Wildman–Crippen LogP) is 2.79. The van der Waals surface area contributed by atoms with Crippen LogP contribution in [0.25, 0.3) is 10.8 Å². The zero-order valence-corrected chi connectivity index (χ0v) is 11.9. The molecule has 0 bridgehead atoms. The Morgan fingerprint density at radius 2 is 1.74 bits per heavy atom. The third-order valence-electron chi connectivity index (χ3n) is 3.06. The number of amides is 1. The van der Waals surface area contributed by atoms with Crippen LogP contribution in [0.4, 0.5) is 0 Å². The zero-order chi connectivity index (χ0) is 13.1. The second-order valence-electron chi connectivity index (χ2n) is 4.59. The first-order valence-electron chi connectivity index (χ1n) is 6.13. The molecule has 0 aliphatic rings. The van der Waals surface area contributed by atoms with Gasteiger partial charge in [0.2, 0.25) is 5.91 Å². The fourth-order valence-corrected chi connectivity index (χ4v) is 2.05. The van der Waals surface area contributed by atoms with Crippen LogP contribution in [-0.2, 0) is 4.79 Å². The van der Waals surface area contributed by atoms with E-state index in [-0.39, 0.29) is 24.4 Å². The van der Waals surface area contributed by atoms with Gasteiger partial charge in [-0.3, -0.25) is 4.79 Å². The topological polar surface area (TPSA) is 55.1 Å². The van der Waals surface area contributed by atoms with Gasteiger partial charge >= 0.3 is 0 Å². The number of hydrogen-bond donors (Lipinski definition) is 2. The van der Waals surface area contributed by atoms with Crippen molar-refractivity contribution in [1.29, 1.82) is 0 Å². The van der Waals surface area contributed by atoms with E-state index < -0.39 is 6.04 Å². The summed E-state index contributed by atoms with van der Waals surface area (Å²) in [6, 6.07) is 13.7. The number of benzene rings is 2. The maximum Gasteiger partial charge on any atom is 0.237 e. The highest BCUT2D eigenvalue weighted by molar-refractivity contribution is 5.87. The monoisotopic (exact) mass is 278 g/mol. The van der Waals surface area contributed by atoms with Gasteiger partial charge in [-0.15, -0.1) is 12.4 Å². The van der Waals surface area contributed by atoms with Crippen LogP contribution >= 0.6 is 12.4 Å². The van der Waals surface area contributed by atoms with E-state index in [0.29, 0.717) is 0 Å². The van der Waals surface area contributed by atoms with Crippen molar-refractivity contribution in [2.24, 2.45) is 5.73 Å². The van der Waals surface area contributed by atoms with Crippen LogP contribution in [-0.4, -0.2) is 11.9 Å². The van der Waals surface area contributed by atoms with E-state index in [1.165, 1.54) is 5.39 Å². The molecule has 1 amide bonds. The molecule has 2 atom stereocenters. The quantitative estimate of drug-likeness (QED) is 0.907. The minimum absolute atomic E-state index is 0. The van der Waals surface area contributed by atoms with Gasteiger partial charge in [-0.25, -0.2) is 0 Å². The molecule has 2 aromatic carbocycles. The zero-order valence-electron chi connectivity index (χ0n) is 11.1. The first-order valence-corrected chi connectivity index (χ1v) is 6.13. The van der Waals surface area contributed by atoms with Crippen LogP contribution in [0, 0.1) is 0 Å². The van der Waals surface area contributed by atoms with Gasteiger partial charge in [0, 0.05) is 0 Å². The first-order chi connectivity index (χ1) is 8.59. The summed E-state index contributed by atoms with van der Waals surface area (Å²) in [5.41, 5.74) is 6.68. The Labute approximate surface area is 119 Å². The van der Waals surface area contributed by atoms with E-state index >= 15 is 0 Å². The number of fused-ring (bicyclic) bond motifs is 1. The molecule has 0 aliphatic heterocycles. The van der Waals surface area contributed by atoms with Crippen LogP contribution < -0.4 is 11.1 Å². The van der Waals surface area contributed by atoms with Gasteiger partial charge in [-0.2, -0.15) is 0 Å². The molecule has 3 N–H and O–H groups in total. The van der Waals surface area contributed by atoms with Crippen molar-refractivity contribution in [1.82, 2.24) is 5.32 Å². The Morgan fingerprint density at radius 1 is 1.11 bits per heavy atom. The highest BCUT2D eigenvalue weighted by atomic mass is 35.5. The van der Waals surface area contributed by atoms with E-state index in [0.717, 1.165) is 10.9 Å². The summed E-state index contributed by atoms with van der Waals surface area (Å²) < 4.78 is 0. The summed E-state index contributed by atoms with van der Waals surface area (Å²) in [6.45, 7) is 3.66. The predicted molar refractivity (Wildman–Crippen MR) is 81.4 cm³/mol. The van der Waals surface area contributed by atoms with Crippen LogP contribution in [0.3, 0.4) is 0 Å². The lowest BCUT2D eigenvalue weighted by molar-refractivity contribution is -0.122. The molecule has 19 heavy (non-hydrogen) atoms. The lowest BCUT2D eigenvalue weighted by Crippen LogP contribution is -2.39. The van der Waals surface area contributed by atoms with Gasteiger partial charge in [0.25, 0.3) is 0 Å². The number of hydrogen-bond acceptors (Lipinski definition) is 2. The minimum Gasteiger partial charge on any atom is -0.348 e. The van der Waals surface area contributed by atoms with Crippen molar-refractivity contribution in [3.05, 3.63) is 48.0 Å². The van der Waals surface area contributed by atoms with Gasteiger partial charge in [0.1, 0.15) is 0 Å². The number of nitrogens with two attached hydrogens (primary N) is 1. The highest BCUT2D eigenvalue weighted by Crippen LogP contribution is 2.23. The highest BCUT2D eigenvalue weighted by Gasteiger charge is 2.14. The van der Waals surface area contributed by atoms with Gasteiger partial charge < -0.3 is 11.1 Å². The SMILES string of the molecule is CC(NC(=O)[C@H](C)N)c1cccc2ccccc12.Cl. The Bertz CT molecular complexity index is 564. The molecular weight excluding hydrogens is 260 g/mol. The molecule has 0 aliphatic carbocycles. The molecular formula is C15H19ClN2O. The average molecular weight is 279 g/mol. The van der Waals surface area contributed by atoms with E-state index in [1.807, 2.05) is 31.2 Å². The van der Waals surface area contributed by atoms with Crippen LogP contribution in [0.1, 0.15) is 25.5 Å². The van der Waals surface area contributed by atoms with E-state index in [4.69, 9.17) is 5.73 Å². The molecule has 102 valence electrons. The van der Waals surface area contributed by atoms with Crippen molar-refractivity contribution in [3.63, 3.8) is 0 Å². The first kappa shape index (κ1) is 15.5. The van der Waals surface area contributed by atoms with Gasteiger partial charge in [0.15, 0.2) is 0 Å². The number of halogens is 1. The maximum absolute atomic E-state index is 11.6. The summed E-state index contributed by atoms with van der Waals surface area (Å²) >= 11 is 0. The standard InChI is InChI=1S/C15H18N2O.ClH/c1-10(16)15(18)17-11(2)13-9-5-7-12-6-3-4-8-14(12)13;/h3-11H,16H2,1-2H3,(H,17,18);1H/t10-,11?;/m0./s1. The number of nitrogens with one attached hydrogen (secondary N) is 1. The van der Waals surface area contributed by atoms with Crippen LogP contribution in [0.2, 0.25) is 0 Å². The summed E-state index contributed by atoms with van der Waals surface area (Å²) in [5.74, 6) is -0.129. The van der Waals surface area contributed by atoms with Crippen molar-refractivity contribution in [3.8, 4) is 0 Å². The molecule has 0 spiro atoms. The van der Waals surface area contributed by atoms with Gasteiger partial charge in [0.05, 0.1) is 12.1 Å². The fraction of sp³-hybridized carbons (Fsp3) is 0.267. The van der Waals surface area contributed by atoms with E-state index in [1.54, 1.807) is 6.92 Å². The summed E-state index contributed by atoms with van der Waals surface area (Å²) in [5, 5.41) is 5.27. The van der Waals surface area contributed by atoms with E-state index in [2.05, 4.69) is 23.5 Å². The lowest BCUT2D eigenvalue weighted by atomic mass is 9.99. The molecule has 0 fully saturated rings. The van der Waals surface area contributed by atoms with Crippen LogP contribution in [0.15, 0.2) is 42.5 Å². The molecule has 2 aromatic rings. The van der Waals surface area contributed by atoms with Gasteiger partial charge in [-0.1, -0.05) is 42.5 Å². The Hall–Kier alpha value is -1.58. The Balaban J connectivity index is 0.00000180. The normalized spacial score (nSPS) is 13.4. The molecule has 0 radical (unpaired) electrons. The molecule has 2 rings (SSSR count). The molecule has 3 nitrogen and oxygen atoms in total. The maximum atomic E-state index is 11.6. The fourth-order valence-electron chi connectivity index (χ4n) is 2.05. The average Bonchev–Trinajstić information content (AvgIpc) is 2.37. The molecule has 0 saturated carbocycles. The van der Waals surface area contributed by atoms with Crippen molar-refractivity contribution < 1.29 is 4.79 Å². The lowest BCUT2D eigenvalue weighted by Gasteiger charge is -2.17. The second kappa shape index (κ2) is 6.55. The summed E-state index contributed by atoms with van der Waals surface area (Å²) in [7, 11) is 0. The van der Waals surface area contributed by atoms with Gasteiger partial charge in [-0.05, 0) is 30.2 Å². The Kier molecular flexibility index (Phi) is 5.33. The minimum atomic E-state index is -0.484. The number of rotatable bonds is 3. The molecule has 0 aromatic heterocycles. The van der Waals surface area contributed by atoms with E-state index in [9.17, 15) is 4.79 Å². The molecule has 0 saturated heterocycles. The van der Waals surface area contributed by atoms with Crippen molar-refractivity contribution in [2.45, 2.75) is 25.9 Å². The Morgan fingerprint density at radius 3 is 2.42 bits per heavy atom. The van der Waals surface area contributed by atoms with Crippen molar-refractivity contribution in [2.75, 3.05) is 0 Å². The summed E-state index contributed by atoms with van der Waals surface area (Å²) in [4.78, 5) is 11.6. The largest absolute Gasteiger partial charge is 0.348 e. The number of carbonyl (C=O) groups is 1. The van der Waals surface area contributed by atoms with Crippen LogP contribution in [0.5, 0.6) is 0 Å². The third kappa shape index (κ3) is 3.46. The summed E-state index contributed by atoms with van der Waals surface area (Å²) in [6.07, 6.45) is 0. The smallest absolute Gasteiger partial charge is 0.237 e. The molecule has 4 heteroatoms. The molecule has 0 heterocycles. The number of carbonyl (C=O) groups excluding carboxylic acids is 1. The van der Waals surface area contributed by atoms with Crippen molar-refractivity contribution >= 4 is 29.1 Å².